The Hall–Kier alpha value is -2.81. The number of anilines is 1. The lowest BCUT2D eigenvalue weighted by Gasteiger charge is -2.25. The third-order valence-electron chi connectivity index (χ3n) is 3.56. The molecule has 0 aliphatic heterocycles. The monoisotopic (exact) mass is 383 g/mol. The van der Waals surface area contributed by atoms with Crippen LogP contribution in [0.1, 0.15) is 0 Å². The van der Waals surface area contributed by atoms with Gasteiger partial charge in [0, 0.05) is 6.07 Å². The van der Waals surface area contributed by atoms with Crippen molar-refractivity contribution >= 4 is 21.7 Å². The van der Waals surface area contributed by atoms with Crippen molar-refractivity contribution < 1.29 is 31.8 Å². The molecule has 0 amide bonds. The van der Waals surface area contributed by atoms with Gasteiger partial charge >= 0.3 is 5.97 Å². The van der Waals surface area contributed by atoms with Gasteiger partial charge in [-0.3, -0.25) is 9.10 Å². The lowest BCUT2D eigenvalue weighted by molar-refractivity contribution is -0.138. The molecule has 0 saturated carbocycles. The fourth-order valence-corrected chi connectivity index (χ4v) is 3.62. The van der Waals surface area contributed by atoms with E-state index in [-0.39, 0.29) is 16.3 Å². The molecule has 140 valence electrons. The quantitative estimate of drug-likeness (QED) is 0.682. The Morgan fingerprint density at radius 1 is 1.04 bits per heavy atom. The van der Waals surface area contributed by atoms with Gasteiger partial charge in [-0.1, -0.05) is 0 Å². The van der Waals surface area contributed by atoms with Crippen LogP contribution in [0.15, 0.2) is 47.4 Å². The van der Waals surface area contributed by atoms with E-state index in [1.807, 2.05) is 0 Å². The highest BCUT2D eigenvalue weighted by Gasteiger charge is 2.30. The molecule has 0 spiro atoms. The van der Waals surface area contributed by atoms with Gasteiger partial charge in [0.1, 0.15) is 23.9 Å². The summed E-state index contributed by atoms with van der Waals surface area (Å²) >= 11 is 0. The summed E-state index contributed by atoms with van der Waals surface area (Å²) in [5.74, 6) is -0.784. The summed E-state index contributed by atoms with van der Waals surface area (Å²) in [6.45, 7) is -0.597. The van der Waals surface area contributed by atoms with Crippen LogP contribution in [0.3, 0.4) is 0 Å². The van der Waals surface area contributed by atoms with Crippen LogP contribution in [0, 0.1) is 5.82 Å². The Kier molecular flexibility index (Phi) is 6.04. The van der Waals surface area contributed by atoms with Gasteiger partial charge in [0.2, 0.25) is 0 Å². The molecule has 26 heavy (non-hydrogen) atoms. The molecule has 0 aliphatic rings. The van der Waals surface area contributed by atoms with Crippen LogP contribution >= 0.6 is 0 Å². The second-order valence-corrected chi connectivity index (χ2v) is 6.94. The standard InChI is InChI=1S/C17H18FNO6S/c1-23-13-6-9-16(24-2)15(10-13)19(11-17(20)25-3)26(21,22)14-7-4-12(18)5-8-14/h4-10H,11H2,1-3H3. The average Bonchev–Trinajstić information content (AvgIpc) is 2.65. The molecule has 0 saturated heterocycles. The molecule has 0 heterocycles. The van der Waals surface area contributed by atoms with Crippen molar-refractivity contribution in [2.75, 3.05) is 32.2 Å². The third kappa shape index (κ3) is 4.05. The number of halogens is 1. The van der Waals surface area contributed by atoms with Crippen LogP contribution in [0.2, 0.25) is 0 Å². The number of nitrogens with zero attached hydrogens (tertiary/aromatic N) is 1. The second-order valence-electron chi connectivity index (χ2n) is 5.08. The summed E-state index contributed by atoms with van der Waals surface area (Å²) in [6.07, 6.45) is 0. The van der Waals surface area contributed by atoms with Crippen molar-refractivity contribution in [1.29, 1.82) is 0 Å². The summed E-state index contributed by atoms with van der Waals surface area (Å²) in [7, 11) is -0.268. The fourth-order valence-electron chi connectivity index (χ4n) is 2.21. The van der Waals surface area contributed by atoms with E-state index in [4.69, 9.17) is 9.47 Å². The fraction of sp³-hybridized carbons (Fsp3) is 0.235. The van der Waals surface area contributed by atoms with Crippen molar-refractivity contribution in [3.8, 4) is 11.5 Å². The van der Waals surface area contributed by atoms with Crippen LogP contribution < -0.4 is 13.8 Å². The zero-order valence-corrected chi connectivity index (χ0v) is 15.2. The average molecular weight is 383 g/mol. The molecule has 0 atom stereocenters. The number of hydrogen-bond donors (Lipinski definition) is 0. The number of rotatable bonds is 7. The van der Waals surface area contributed by atoms with Crippen LogP contribution in [-0.2, 0) is 19.6 Å². The van der Waals surface area contributed by atoms with E-state index in [9.17, 15) is 17.6 Å². The smallest absolute Gasteiger partial charge is 0.326 e. The van der Waals surface area contributed by atoms with Gasteiger partial charge in [0.05, 0.1) is 31.9 Å². The normalized spacial score (nSPS) is 10.9. The van der Waals surface area contributed by atoms with Crippen molar-refractivity contribution in [3.63, 3.8) is 0 Å². The molecule has 2 aromatic carbocycles. The van der Waals surface area contributed by atoms with Crippen molar-refractivity contribution in [2.45, 2.75) is 4.90 Å². The molecular weight excluding hydrogens is 365 g/mol. The second kappa shape index (κ2) is 8.05. The van der Waals surface area contributed by atoms with Crippen molar-refractivity contribution in [1.82, 2.24) is 0 Å². The summed E-state index contributed by atoms with van der Waals surface area (Å²) in [4.78, 5) is 11.6. The molecule has 2 rings (SSSR count). The first-order valence-electron chi connectivity index (χ1n) is 7.40. The highest BCUT2D eigenvalue weighted by molar-refractivity contribution is 7.92. The van der Waals surface area contributed by atoms with E-state index >= 15 is 0 Å². The zero-order chi connectivity index (χ0) is 19.3. The maximum absolute atomic E-state index is 13.2. The van der Waals surface area contributed by atoms with Crippen molar-refractivity contribution in [2.24, 2.45) is 0 Å². The number of carbonyl (C=O) groups is 1. The van der Waals surface area contributed by atoms with Gasteiger partial charge in [-0.2, -0.15) is 0 Å². The first-order valence-corrected chi connectivity index (χ1v) is 8.84. The van der Waals surface area contributed by atoms with Gasteiger partial charge in [-0.25, -0.2) is 12.8 Å². The predicted octanol–water partition coefficient (Wildman–Crippen LogP) is 2.21. The lowest BCUT2D eigenvalue weighted by atomic mass is 10.2. The first-order chi connectivity index (χ1) is 12.3. The van der Waals surface area contributed by atoms with E-state index in [1.54, 1.807) is 6.07 Å². The molecule has 0 N–H and O–H groups in total. The van der Waals surface area contributed by atoms with E-state index in [1.165, 1.54) is 26.4 Å². The maximum atomic E-state index is 13.2. The molecule has 0 aromatic heterocycles. The minimum atomic E-state index is -4.20. The largest absolute Gasteiger partial charge is 0.497 e. The Morgan fingerprint density at radius 3 is 2.23 bits per heavy atom. The topological polar surface area (TPSA) is 82.1 Å². The molecule has 7 nitrogen and oxygen atoms in total. The molecule has 0 bridgehead atoms. The number of carbonyl (C=O) groups excluding carboxylic acids is 1. The molecule has 0 radical (unpaired) electrons. The van der Waals surface area contributed by atoms with Gasteiger partial charge in [-0.05, 0) is 36.4 Å². The molecule has 2 aromatic rings. The summed E-state index contributed by atoms with van der Waals surface area (Å²) in [6, 6.07) is 8.78. The van der Waals surface area contributed by atoms with Crippen LogP contribution in [0.4, 0.5) is 10.1 Å². The minimum absolute atomic E-state index is 0.0848. The highest BCUT2D eigenvalue weighted by atomic mass is 32.2. The predicted molar refractivity (Wildman–Crippen MR) is 92.5 cm³/mol. The molecule has 0 unspecified atom stereocenters. The maximum Gasteiger partial charge on any atom is 0.326 e. The molecular formula is C17H18FNO6S. The summed E-state index contributed by atoms with van der Waals surface area (Å²) in [5, 5.41) is 0. The van der Waals surface area contributed by atoms with E-state index in [0.717, 1.165) is 35.7 Å². The molecule has 9 heteroatoms. The minimum Gasteiger partial charge on any atom is -0.497 e. The Morgan fingerprint density at radius 2 is 1.69 bits per heavy atom. The molecule has 0 aliphatic carbocycles. The number of benzene rings is 2. The lowest BCUT2D eigenvalue weighted by Crippen LogP contribution is -2.36. The van der Waals surface area contributed by atoms with E-state index in [0.29, 0.717) is 5.75 Å². The van der Waals surface area contributed by atoms with Crippen LogP contribution in [-0.4, -0.2) is 42.3 Å². The Labute approximate surface area is 151 Å². The van der Waals surface area contributed by atoms with Gasteiger partial charge in [0.15, 0.2) is 0 Å². The van der Waals surface area contributed by atoms with Gasteiger partial charge in [0.25, 0.3) is 10.0 Å². The Bertz CT molecular complexity index is 883. The number of methoxy groups -OCH3 is 3. The number of esters is 1. The summed E-state index contributed by atoms with van der Waals surface area (Å²) in [5.41, 5.74) is 0.0848. The zero-order valence-electron chi connectivity index (χ0n) is 14.4. The van der Waals surface area contributed by atoms with Crippen LogP contribution in [0.25, 0.3) is 0 Å². The summed E-state index contributed by atoms with van der Waals surface area (Å²) < 4.78 is 55.1. The van der Waals surface area contributed by atoms with E-state index < -0.39 is 28.4 Å². The number of hydrogen-bond acceptors (Lipinski definition) is 6. The number of sulfonamides is 1. The number of ether oxygens (including phenoxy) is 3. The third-order valence-corrected chi connectivity index (χ3v) is 5.33. The van der Waals surface area contributed by atoms with Gasteiger partial charge < -0.3 is 14.2 Å². The van der Waals surface area contributed by atoms with Gasteiger partial charge in [-0.15, -0.1) is 0 Å². The SMILES string of the molecule is COC(=O)CN(c1cc(OC)ccc1OC)S(=O)(=O)c1ccc(F)cc1. The van der Waals surface area contributed by atoms with Crippen molar-refractivity contribution in [3.05, 3.63) is 48.3 Å². The highest BCUT2D eigenvalue weighted by Crippen LogP contribution is 2.35. The van der Waals surface area contributed by atoms with E-state index in [2.05, 4.69) is 4.74 Å². The Balaban J connectivity index is 2.64. The molecule has 0 fully saturated rings. The van der Waals surface area contributed by atoms with Crippen LogP contribution in [0.5, 0.6) is 11.5 Å². The first kappa shape index (κ1) is 19.5.